The third-order valence-electron chi connectivity index (χ3n) is 2.85. The van der Waals surface area contributed by atoms with Crippen LogP contribution in [0.4, 0.5) is 27.1 Å². The second-order valence-corrected chi connectivity index (χ2v) is 5.16. The van der Waals surface area contributed by atoms with Crippen molar-refractivity contribution in [2.75, 3.05) is 18.0 Å². The summed E-state index contributed by atoms with van der Waals surface area (Å²) < 4.78 is 61.7. The molecule has 1 amide bonds. The largest absolute Gasteiger partial charge is 0.463 e. The Kier molecular flexibility index (Phi) is 3.85. The monoisotopic (exact) mass is 315 g/mol. The van der Waals surface area contributed by atoms with Gasteiger partial charge in [0, 0.05) is 30.7 Å². The Morgan fingerprint density at radius 2 is 2.10 bits per heavy atom. The number of alkyl halides is 5. The number of aromatic nitrogens is 1. The minimum atomic E-state index is -5.88. The number of rotatable bonds is 3. The van der Waals surface area contributed by atoms with Crippen molar-refractivity contribution in [3.8, 4) is 0 Å². The molecule has 1 aliphatic heterocycles. The van der Waals surface area contributed by atoms with Crippen LogP contribution in [-0.2, 0) is 4.79 Å². The molecule has 0 saturated carbocycles. The van der Waals surface area contributed by atoms with Crippen LogP contribution in [0.5, 0.6) is 0 Å². The molecule has 2 rings (SSSR count). The number of hydrogen-bond donors (Lipinski definition) is 1. The van der Waals surface area contributed by atoms with E-state index < -0.39 is 24.0 Å². The van der Waals surface area contributed by atoms with Crippen molar-refractivity contribution in [1.29, 1.82) is 0 Å². The Morgan fingerprint density at radius 3 is 2.65 bits per heavy atom. The molecule has 0 aliphatic carbocycles. The van der Waals surface area contributed by atoms with Gasteiger partial charge in [0.1, 0.15) is 0 Å². The summed E-state index contributed by atoms with van der Waals surface area (Å²) in [4.78, 5) is 16.8. The highest BCUT2D eigenvalue weighted by atomic mass is 32.1. The molecule has 1 N–H and O–H groups in total. The van der Waals surface area contributed by atoms with Gasteiger partial charge in [0.2, 0.25) is 0 Å². The Balaban J connectivity index is 1.94. The summed E-state index contributed by atoms with van der Waals surface area (Å²) in [7, 11) is 0. The zero-order valence-electron chi connectivity index (χ0n) is 9.95. The third kappa shape index (κ3) is 2.84. The van der Waals surface area contributed by atoms with Gasteiger partial charge in [-0.3, -0.25) is 4.79 Å². The predicted molar refractivity (Wildman–Crippen MR) is 61.9 cm³/mol. The quantitative estimate of drug-likeness (QED) is 0.868. The number of nitrogens with one attached hydrogen (secondary N) is 1. The first-order valence-corrected chi connectivity index (χ1v) is 6.49. The molecular formula is C10H10F5N3OS. The van der Waals surface area contributed by atoms with Crippen LogP contribution >= 0.6 is 11.3 Å². The van der Waals surface area contributed by atoms with Crippen LogP contribution < -0.4 is 10.2 Å². The molecule has 1 saturated heterocycles. The van der Waals surface area contributed by atoms with Crippen molar-refractivity contribution in [2.45, 2.75) is 24.6 Å². The van der Waals surface area contributed by atoms with Gasteiger partial charge >= 0.3 is 18.0 Å². The zero-order chi connectivity index (χ0) is 15.0. The highest BCUT2D eigenvalue weighted by Gasteiger charge is 2.63. The van der Waals surface area contributed by atoms with Gasteiger partial charge in [0.05, 0.1) is 0 Å². The molecule has 112 valence electrons. The Labute approximate surface area is 114 Å². The zero-order valence-corrected chi connectivity index (χ0v) is 10.8. The first-order valence-electron chi connectivity index (χ1n) is 5.62. The van der Waals surface area contributed by atoms with Crippen LogP contribution in [0, 0.1) is 0 Å². The smallest absolute Gasteiger partial charge is 0.346 e. The van der Waals surface area contributed by atoms with E-state index in [0.717, 1.165) is 0 Å². The molecule has 4 nitrogen and oxygen atoms in total. The lowest BCUT2D eigenvalue weighted by atomic mass is 10.2. The maximum atomic E-state index is 12.8. The molecule has 1 unspecified atom stereocenters. The molecule has 1 atom stereocenters. The highest BCUT2D eigenvalue weighted by Crippen LogP contribution is 2.35. The summed E-state index contributed by atoms with van der Waals surface area (Å²) in [5.74, 6) is -7.68. The number of nitrogens with zero attached hydrogens (tertiary/aromatic N) is 2. The fraction of sp³-hybridized carbons (Fsp3) is 0.600. The van der Waals surface area contributed by atoms with Crippen LogP contribution in [0.3, 0.4) is 0 Å². The molecule has 0 aromatic carbocycles. The molecule has 0 spiro atoms. The first kappa shape index (κ1) is 14.9. The van der Waals surface area contributed by atoms with E-state index in [-0.39, 0.29) is 6.54 Å². The molecule has 1 aromatic rings. The van der Waals surface area contributed by atoms with Crippen LogP contribution in [-0.4, -0.2) is 42.1 Å². The summed E-state index contributed by atoms with van der Waals surface area (Å²) in [6, 6.07) is -0.750. The van der Waals surface area contributed by atoms with Crippen molar-refractivity contribution in [1.82, 2.24) is 10.3 Å². The molecule has 1 fully saturated rings. The van der Waals surface area contributed by atoms with Gasteiger partial charge in [-0.25, -0.2) is 4.98 Å². The number of anilines is 1. The van der Waals surface area contributed by atoms with E-state index in [1.165, 1.54) is 11.3 Å². The normalized spacial score (nSPS) is 20.2. The summed E-state index contributed by atoms with van der Waals surface area (Å²) in [6.07, 6.45) is -4.03. The molecule has 10 heteroatoms. The number of halogens is 5. The second-order valence-electron chi connectivity index (χ2n) is 4.29. The van der Waals surface area contributed by atoms with E-state index in [4.69, 9.17) is 0 Å². The van der Waals surface area contributed by atoms with E-state index in [1.807, 2.05) is 0 Å². The van der Waals surface area contributed by atoms with Crippen LogP contribution in [0.15, 0.2) is 11.6 Å². The minimum Gasteiger partial charge on any atom is -0.346 e. The number of hydrogen-bond acceptors (Lipinski definition) is 4. The number of amides is 1. The lowest BCUT2D eigenvalue weighted by molar-refractivity contribution is -0.270. The molecular weight excluding hydrogens is 305 g/mol. The van der Waals surface area contributed by atoms with Gasteiger partial charge < -0.3 is 10.2 Å². The summed E-state index contributed by atoms with van der Waals surface area (Å²) in [5.41, 5.74) is 0. The second kappa shape index (κ2) is 5.15. The van der Waals surface area contributed by atoms with Gasteiger partial charge in [-0.1, -0.05) is 0 Å². The van der Waals surface area contributed by atoms with Crippen molar-refractivity contribution in [3.63, 3.8) is 0 Å². The van der Waals surface area contributed by atoms with Gasteiger partial charge in [0.15, 0.2) is 5.13 Å². The number of carbonyl (C=O) groups is 1. The average Bonchev–Trinajstić information content (AvgIpc) is 2.96. The first-order chi connectivity index (χ1) is 9.22. The molecule has 1 aromatic heterocycles. The van der Waals surface area contributed by atoms with Gasteiger partial charge in [0.25, 0.3) is 0 Å². The Morgan fingerprint density at radius 1 is 1.40 bits per heavy atom. The fourth-order valence-electron chi connectivity index (χ4n) is 1.83. The standard InChI is InChI=1S/C10H10F5N3OS/c11-9(12,10(13,14)15)7(19)17-6-1-3-18(5-6)8-16-2-4-20-8/h2,4,6H,1,3,5H2,(H,17,19). The number of carbonyl (C=O) groups excluding carboxylic acids is 1. The maximum absolute atomic E-state index is 12.8. The van der Waals surface area contributed by atoms with E-state index in [0.29, 0.717) is 18.1 Å². The van der Waals surface area contributed by atoms with Crippen molar-refractivity contribution >= 4 is 22.4 Å². The lowest BCUT2D eigenvalue weighted by Crippen LogP contribution is -2.53. The molecule has 1 aliphatic rings. The predicted octanol–water partition coefficient (Wildman–Crippen LogP) is 2.04. The Bertz CT molecular complexity index is 476. The topological polar surface area (TPSA) is 45.2 Å². The van der Waals surface area contributed by atoms with Crippen LogP contribution in [0.25, 0.3) is 0 Å². The van der Waals surface area contributed by atoms with E-state index in [9.17, 15) is 26.7 Å². The van der Waals surface area contributed by atoms with Crippen LogP contribution in [0.2, 0.25) is 0 Å². The molecule has 0 radical (unpaired) electrons. The van der Waals surface area contributed by atoms with Gasteiger partial charge in [-0.15, -0.1) is 11.3 Å². The summed E-state index contributed by atoms with van der Waals surface area (Å²) >= 11 is 1.32. The highest BCUT2D eigenvalue weighted by molar-refractivity contribution is 7.13. The minimum absolute atomic E-state index is 0.160. The van der Waals surface area contributed by atoms with Gasteiger partial charge in [-0.05, 0) is 6.42 Å². The summed E-state index contributed by atoms with van der Waals surface area (Å²) in [5, 5.41) is 4.11. The average molecular weight is 315 g/mol. The maximum Gasteiger partial charge on any atom is 0.463 e. The van der Waals surface area contributed by atoms with Crippen LogP contribution in [0.1, 0.15) is 6.42 Å². The van der Waals surface area contributed by atoms with E-state index >= 15 is 0 Å². The van der Waals surface area contributed by atoms with Crippen molar-refractivity contribution in [2.24, 2.45) is 0 Å². The Hall–Kier alpha value is -1.45. The third-order valence-corrected chi connectivity index (χ3v) is 3.69. The number of thiazole rings is 1. The fourth-order valence-corrected chi connectivity index (χ4v) is 2.51. The van der Waals surface area contributed by atoms with E-state index in [1.54, 1.807) is 21.8 Å². The SMILES string of the molecule is O=C(NC1CCN(c2nccs2)C1)C(F)(F)C(F)(F)F. The van der Waals surface area contributed by atoms with Crippen molar-refractivity contribution < 1.29 is 26.7 Å². The van der Waals surface area contributed by atoms with Crippen molar-refractivity contribution in [3.05, 3.63) is 11.6 Å². The summed E-state index contributed by atoms with van der Waals surface area (Å²) in [6.45, 7) is 0.600. The molecule has 2 heterocycles. The van der Waals surface area contributed by atoms with E-state index in [2.05, 4.69) is 4.98 Å². The van der Waals surface area contributed by atoms with Gasteiger partial charge in [-0.2, -0.15) is 22.0 Å². The molecule has 0 bridgehead atoms. The lowest BCUT2D eigenvalue weighted by Gasteiger charge is -2.21. The molecule has 20 heavy (non-hydrogen) atoms.